The van der Waals surface area contributed by atoms with Gasteiger partial charge < -0.3 is 26.7 Å². The average molecular weight is 493 g/mol. The van der Waals surface area contributed by atoms with Crippen LogP contribution in [0.5, 0.6) is 0 Å². The lowest BCUT2D eigenvalue weighted by molar-refractivity contribution is -0.125. The molecule has 10 heteroatoms. The smallest absolute Gasteiger partial charge is 0.223 e. The molecular weight excluding hydrogens is 460 g/mol. The van der Waals surface area contributed by atoms with Gasteiger partial charge in [0.05, 0.1) is 5.39 Å². The molecule has 1 fully saturated rings. The largest absolute Gasteiger partial charge is 0.398 e. The van der Waals surface area contributed by atoms with E-state index in [-0.39, 0.29) is 11.8 Å². The number of hydrogen-bond acceptors (Lipinski definition) is 9. The summed E-state index contributed by atoms with van der Waals surface area (Å²) in [6.45, 7) is 5.93. The molecule has 2 aromatic heterocycles. The first-order valence-corrected chi connectivity index (χ1v) is 12.9. The van der Waals surface area contributed by atoms with Gasteiger partial charge >= 0.3 is 0 Å². The summed E-state index contributed by atoms with van der Waals surface area (Å²) in [6.07, 6.45) is 5.23. The van der Waals surface area contributed by atoms with Crippen LogP contribution in [0.25, 0.3) is 10.2 Å². The van der Waals surface area contributed by atoms with E-state index in [1.54, 1.807) is 23.7 Å². The molecule has 184 valence electrons. The van der Waals surface area contributed by atoms with Gasteiger partial charge in [0, 0.05) is 73.2 Å². The quantitative estimate of drug-likeness (QED) is 0.295. The molecule has 0 spiro atoms. The Morgan fingerprint density at radius 3 is 2.91 bits per heavy atom. The molecule has 1 unspecified atom stereocenters. The molecule has 1 aromatic carbocycles. The molecule has 2 aliphatic rings. The van der Waals surface area contributed by atoms with E-state index in [2.05, 4.69) is 37.4 Å². The fourth-order valence-electron chi connectivity index (χ4n) is 4.90. The van der Waals surface area contributed by atoms with E-state index in [1.165, 1.54) is 16.7 Å². The van der Waals surface area contributed by atoms with Gasteiger partial charge in [-0.3, -0.25) is 9.69 Å². The normalized spacial score (nSPS) is 18.8. The number of thiophene rings is 1. The van der Waals surface area contributed by atoms with Gasteiger partial charge in [-0.1, -0.05) is 0 Å². The van der Waals surface area contributed by atoms with Crippen molar-refractivity contribution in [2.24, 2.45) is 5.92 Å². The minimum Gasteiger partial charge on any atom is -0.398 e. The molecule has 1 atom stereocenters. The monoisotopic (exact) mass is 492 g/mol. The van der Waals surface area contributed by atoms with Gasteiger partial charge in [-0.25, -0.2) is 9.97 Å². The van der Waals surface area contributed by atoms with E-state index in [1.807, 2.05) is 12.1 Å². The molecule has 1 amide bonds. The Hall–Kier alpha value is -3.08. The number of fused-ring (bicyclic) bond motifs is 3. The number of carbonyl (C=O) groups excluding carboxylic acids is 1. The average Bonchev–Trinajstić information content (AvgIpc) is 3.25. The zero-order chi connectivity index (χ0) is 24.4. The van der Waals surface area contributed by atoms with Crippen LogP contribution < -0.4 is 16.4 Å². The Labute approximate surface area is 209 Å². The number of aryl methyl sites for hydroxylation is 1. The number of rotatable bonds is 7. The van der Waals surface area contributed by atoms with Crippen molar-refractivity contribution in [3.63, 3.8) is 0 Å². The maximum absolute atomic E-state index is 12.9. The first kappa shape index (κ1) is 23.7. The zero-order valence-electron chi connectivity index (χ0n) is 20.0. The number of likely N-dealkylation sites (N-methyl/N-ethyl adjacent to an activating group) is 1. The van der Waals surface area contributed by atoms with Gasteiger partial charge in [-0.05, 0) is 50.1 Å². The summed E-state index contributed by atoms with van der Waals surface area (Å²) < 4.78 is 0. The maximum Gasteiger partial charge on any atom is 0.223 e. The molecule has 9 nitrogen and oxygen atoms in total. The lowest BCUT2D eigenvalue weighted by Crippen LogP contribution is -2.47. The summed E-state index contributed by atoms with van der Waals surface area (Å²) >= 11 is 1.66. The molecule has 35 heavy (non-hydrogen) atoms. The number of hydrogen-bond donors (Lipinski definition) is 4. The van der Waals surface area contributed by atoms with Gasteiger partial charge in [-0.2, -0.15) is 0 Å². The Balaban J connectivity index is 1.26. The van der Waals surface area contributed by atoms with E-state index >= 15 is 0 Å². The Bertz CT molecular complexity index is 1230. The predicted molar refractivity (Wildman–Crippen MR) is 142 cm³/mol. The number of benzene rings is 1. The van der Waals surface area contributed by atoms with Crippen molar-refractivity contribution in [1.29, 1.82) is 5.41 Å². The topological polar surface area (TPSA) is 123 Å². The summed E-state index contributed by atoms with van der Waals surface area (Å²) in [5.41, 5.74) is 9.23. The molecule has 1 saturated heterocycles. The second kappa shape index (κ2) is 10.3. The molecule has 5 rings (SSSR count). The Morgan fingerprint density at radius 2 is 2.11 bits per heavy atom. The number of nitrogens with one attached hydrogen (secondary N) is 3. The van der Waals surface area contributed by atoms with Crippen molar-refractivity contribution in [2.75, 3.05) is 57.4 Å². The molecule has 1 aliphatic carbocycles. The van der Waals surface area contributed by atoms with Gasteiger partial charge in [0.25, 0.3) is 0 Å². The van der Waals surface area contributed by atoms with Crippen LogP contribution in [-0.2, 0) is 17.6 Å². The minimum atomic E-state index is -0.000307. The van der Waals surface area contributed by atoms with E-state index < -0.39 is 0 Å². The maximum atomic E-state index is 12.9. The molecule has 0 radical (unpaired) electrons. The zero-order valence-corrected chi connectivity index (χ0v) is 20.8. The molecule has 3 heterocycles. The molecule has 3 aromatic rings. The second-order valence-corrected chi connectivity index (χ2v) is 10.5. The van der Waals surface area contributed by atoms with E-state index in [4.69, 9.17) is 11.1 Å². The van der Waals surface area contributed by atoms with Crippen LogP contribution in [0.4, 0.5) is 17.2 Å². The minimum absolute atomic E-state index is 0.000307. The van der Waals surface area contributed by atoms with Crippen LogP contribution in [0.1, 0.15) is 22.4 Å². The van der Waals surface area contributed by atoms with Crippen LogP contribution in [-0.4, -0.2) is 78.2 Å². The van der Waals surface area contributed by atoms with Crippen LogP contribution >= 0.6 is 11.3 Å². The highest BCUT2D eigenvalue weighted by molar-refractivity contribution is 7.19. The van der Waals surface area contributed by atoms with Gasteiger partial charge in [0.15, 0.2) is 0 Å². The van der Waals surface area contributed by atoms with Crippen LogP contribution in [0.3, 0.4) is 0 Å². The highest BCUT2D eigenvalue weighted by Gasteiger charge is 2.29. The van der Waals surface area contributed by atoms with Crippen molar-refractivity contribution in [2.45, 2.75) is 19.3 Å². The molecular formula is C25H32N8OS. The van der Waals surface area contributed by atoms with Gasteiger partial charge in [0.1, 0.15) is 17.0 Å². The Morgan fingerprint density at radius 1 is 1.29 bits per heavy atom. The first-order chi connectivity index (χ1) is 17.0. The third kappa shape index (κ3) is 5.14. The van der Waals surface area contributed by atoms with Crippen molar-refractivity contribution in [3.05, 3.63) is 40.5 Å². The van der Waals surface area contributed by atoms with Gasteiger partial charge in [-0.15, -0.1) is 11.3 Å². The summed E-state index contributed by atoms with van der Waals surface area (Å²) in [4.78, 5) is 28.9. The third-order valence-corrected chi connectivity index (χ3v) is 8.21. The summed E-state index contributed by atoms with van der Waals surface area (Å²) in [7, 11) is 2.15. The van der Waals surface area contributed by atoms with Gasteiger partial charge in [0.2, 0.25) is 5.91 Å². The van der Waals surface area contributed by atoms with Crippen LogP contribution in [0.15, 0.2) is 24.5 Å². The molecule has 1 aliphatic heterocycles. The second-order valence-electron chi connectivity index (χ2n) is 9.39. The number of nitrogens with two attached hydrogens (primary N) is 1. The molecule has 5 N–H and O–H groups in total. The highest BCUT2D eigenvalue weighted by atomic mass is 32.1. The van der Waals surface area contributed by atoms with Crippen molar-refractivity contribution >= 4 is 50.9 Å². The summed E-state index contributed by atoms with van der Waals surface area (Å²) in [5, 5.41) is 15.2. The van der Waals surface area contributed by atoms with Crippen molar-refractivity contribution in [1.82, 2.24) is 25.1 Å². The standard InChI is InChI=1S/C25H32N8OS/c1-32-8-10-33(11-9-32)7-6-28-24(34)16-2-4-19-21(13-16)35-25-22(19)23(29-15-30-25)31-18-3-5-20(27)17(12-18)14-26/h3,5,12,14-16,26H,2,4,6-11,13,27H2,1H3,(H,28,34)(H,29,30,31). The number of aromatic nitrogens is 2. The summed E-state index contributed by atoms with van der Waals surface area (Å²) in [6, 6.07) is 5.52. The SMILES string of the molecule is CN1CCN(CCNC(=O)C2CCc3c(sc4ncnc(Nc5ccc(N)c(C=N)c5)c34)C2)CC1. The summed E-state index contributed by atoms with van der Waals surface area (Å²) in [5.74, 6) is 0.913. The lowest BCUT2D eigenvalue weighted by atomic mass is 9.87. The number of piperazine rings is 1. The predicted octanol–water partition coefficient (Wildman–Crippen LogP) is 2.48. The van der Waals surface area contributed by atoms with Crippen molar-refractivity contribution < 1.29 is 4.79 Å². The van der Waals surface area contributed by atoms with E-state index in [9.17, 15) is 4.79 Å². The molecule has 0 bridgehead atoms. The van der Waals surface area contributed by atoms with E-state index in [0.717, 1.165) is 73.7 Å². The number of carbonyl (C=O) groups is 1. The number of amides is 1. The Kier molecular flexibility index (Phi) is 6.94. The fourth-order valence-corrected chi connectivity index (χ4v) is 6.16. The first-order valence-electron chi connectivity index (χ1n) is 12.1. The number of nitrogen functional groups attached to an aromatic ring is 1. The fraction of sp³-hybridized carbons (Fsp3) is 0.440. The van der Waals surface area contributed by atoms with Crippen LogP contribution in [0.2, 0.25) is 0 Å². The highest BCUT2D eigenvalue weighted by Crippen LogP contribution is 2.40. The van der Waals surface area contributed by atoms with Crippen LogP contribution in [0, 0.1) is 11.3 Å². The third-order valence-electron chi connectivity index (χ3n) is 7.04. The lowest BCUT2D eigenvalue weighted by Gasteiger charge is -2.32. The number of nitrogens with zero attached hydrogens (tertiary/aromatic N) is 4. The number of anilines is 3. The van der Waals surface area contributed by atoms with Crippen molar-refractivity contribution in [3.8, 4) is 0 Å². The molecule has 0 saturated carbocycles. The van der Waals surface area contributed by atoms with E-state index in [0.29, 0.717) is 17.8 Å².